The maximum atomic E-state index is 11.8. The lowest BCUT2D eigenvalue weighted by atomic mass is 10.2. The van der Waals surface area contributed by atoms with Crippen LogP contribution < -0.4 is 15.5 Å². The molecule has 0 spiro atoms. The van der Waals surface area contributed by atoms with Gasteiger partial charge in [-0.15, -0.1) is 0 Å². The third kappa shape index (κ3) is 3.70. The number of anilines is 1. The number of urea groups is 1. The summed E-state index contributed by atoms with van der Waals surface area (Å²) in [4.78, 5) is 29.0. The van der Waals surface area contributed by atoms with Crippen molar-refractivity contribution < 1.29 is 9.59 Å². The summed E-state index contributed by atoms with van der Waals surface area (Å²) in [5.41, 5.74) is 2.23. The Kier molecular flexibility index (Phi) is 4.73. The minimum atomic E-state index is -0.179. The van der Waals surface area contributed by atoms with E-state index in [0.29, 0.717) is 18.7 Å². The lowest BCUT2D eigenvalue weighted by Gasteiger charge is -2.13. The fourth-order valence-electron chi connectivity index (χ4n) is 2.32. The van der Waals surface area contributed by atoms with Crippen LogP contribution in [0.25, 0.3) is 0 Å². The van der Waals surface area contributed by atoms with Gasteiger partial charge in [0.05, 0.1) is 6.54 Å². The van der Waals surface area contributed by atoms with Crippen LogP contribution in [0.1, 0.15) is 15.9 Å². The Morgan fingerprint density at radius 2 is 1.96 bits per heavy atom. The minimum Gasteiger partial charge on any atom is -0.341 e. The largest absolute Gasteiger partial charge is 0.341 e. The third-order valence-electron chi connectivity index (χ3n) is 3.55. The average molecular weight is 320 g/mol. The van der Waals surface area contributed by atoms with Crippen LogP contribution in [0.15, 0.2) is 48.8 Å². The molecule has 0 unspecified atom stereocenters. The van der Waals surface area contributed by atoms with Crippen molar-refractivity contribution in [2.75, 3.05) is 24.5 Å². The van der Waals surface area contributed by atoms with Crippen LogP contribution in [-0.4, -0.2) is 36.6 Å². The molecule has 120 valence electrons. The van der Waals surface area contributed by atoms with E-state index in [2.05, 4.69) is 27.5 Å². The zero-order valence-corrected chi connectivity index (χ0v) is 13.0. The molecular formula is C18H16N4O2. The third-order valence-corrected chi connectivity index (χ3v) is 3.55. The summed E-state index contributed by atoms with van der Waals surface area (Å²) in [6.45, 7) is 1.60. The zero-order chi connectivity index (χ0) is 16.8. The quantitative estimate of drug-likeness (QED) is 0.839. The molecule has 1 aliphatic rings. The SMILES string of the molecule is O=C(NCC#Cc1ccc(N2CCNC2=O)cc1)c1ccncc1. The van der Waals surface area contributed by atoms with Gasteiger partial charge in [0, 0.05) is 42.3 Å². The van der Waals surface area contributed by atoms with Crippen LogP contribution in [0.2, 0.25) is 0 Å². The molecule has 0 aliphatic carbocycles. The normalized spacial score (nSPS) is 13.0. The topological polar surface area (TPSA) is 74.3 Å². The summed E-state index contributed by atoms with van der Waals surface area (Å²) in [5, 5.41) is 5.49. The van der Waals surface area contributed by atoms with Crippen molar-refractivity contribution in [3.05, 3.63) is 59.9 Å². The van der Waals surface area contributed by atoms with Crippen molar-refractivity contribution in [2.24, 2.45) is 0 Å². The van der Waals surface area contributed by atoms with E-state index in [1.54, 1.807) is 29.4 Å². The first-order valence-corrected chi connectivity index (χ1v) is 7.56. The van der Waals surface area contributed by atoms with Crippen LogP contribution in [0.3, 0.4) is 0 Å². The highest BCUT2D eigenvalue weighted by atomic mass is 16.2. The number of carbonyl (C=O) groups is 2. The zero-order valence-electron chi connectivity index (χ0n) is 13.0. The molecule has 1 aliphatic heterocycles. The number of hydrogen-bond acceptors (Lipinski definition) is 3. The van der Waals surface area contributed by atoms with Crippen LogP contribution in [-0.2, 0) is 0 Å². The molecule has 2 heterocycles. The second kappa shape index (κ2) is 7.29. The molecule has 2 N–H and O–H groups in total. The number of benzene rings is 1. The molecule has 0 bridgehead atoms. The molecule has 0 radical (unpaired) electrons. The number of nitrogens with zero attached hydrogens (tertiary/aromatic N) is 2. The molecule has 1 aromatic heterocycles. The van der Waals surface area contributed by atoms with Crippen LogP contribution in [0.5, 0.6) is 0 Å². The second-order valence-electron chi connectivity index (χ2n) is 5.15. The smallest absolute Gasteiger partial charge is 0.321 e. The molecule has 2 aromatic rings. The summed E-state index contributed by atoms with van der Waals surface area (Å²) >= 11 is 0. The molecule has 1 fully saturated rings. The van der Waals surface area contributed by atoms with Crippen molar-refractivity contribution in [1.82, 2.24) is 15.6 Å². The van der Waals surface area contributed by atoms with Gasteiger partial charge in [-0.3, -0.25) is 14.7 Å². The molecule has 0 saturated carbocycles. The minimum absolute atomic E-state index is 0.0762. The number of pyridine rings is 1. The Balaban J connectivity index is 1.54. The molecule has 0 atom stereocenters. The summed E-state index contributed by atoms with van der Waals surface area (Å²) < 4.78 is 0. The van der Waals surface area contributed by atoms with E-state index in [1.165, 1.54) is 0 Å². The Morgan fingerprint density at radius 3 is 2.62 bits per heavy atom. The highest BCUT2D eigenvalue weighted by Gasteiger charge is 2.20. The summed E-state index contributed by atoms with van der Waals surface area (Å²) in [6, 6.07) is 10.7. The van der Waals surface area contributed by atoms with Gasteiger partial charge in [-0.2, -0.15) is 0 Å². The predicted molar refractivity (Wildman–Crippen MR) is 90.6 cm³/mol. The van der Waals surface area contributed by atoms with E-state index in [0.717, 1.165) is 11.3 Å². The van der Waals surface area contributed by atoms with Crippen molar-refractivity contribution in [3.63, 3.8) is 0 Å². The first-order chi connectivity index (χ1) is 11.7. The summed E-state index contributed by atoms with van der Waals surface area (Å²) in [7, 11) is 0. The monoisotopic (exact) mass is 320 g/mol. The van der Waals surface area contributed by atoms with Crippen molar-refractivity contribution in [2.45, 2.75) is 0 Å². The number of aromatic nitrogens is 1. The molecule has 24 heavy (non-hydrogen) atoms. The van der Waals surface area contributed by atoms with Gasteiger partial charge in [0.25, 0.3) is 5.91 Å². The summed E-state index contributed by atoms with van der Waals surface area (Å²) in [6.07, 6.45) is 3.14. The van der Waals surface area contributed by atoms with Gasteiger partial charge in [-0.05, 0) is 36.4 Å². The lowest BCUT2D eigenvalue weighted by molar-refractivity contribution is 0.0958. The number of nitrogens with one attached hydrogen (secondary N) is 2. The van der Waals surface area contributed by atoms with Crippen LogP contribution in [0.4, 0.5) is 10.5 Å². The fourth-order valence-corrected chi connectivity index (χ4v) is 2.32. The van der Waals surface area contributed by atoms with Gasteiger partial charge >= 0.3 is 6.03 Å². The van der Waals surface area contributed by atoms with E-state index in [1.807, 2.05) is 24.3 Å². The van der Waals surface area contributed by atoms with E-state index in [4.69, 9.17) is 0 Å². The van der Waals surface area contributed by atoms with E-state index in [-0.39, 0.29) is 18.5 Å². The molecule has 1 aromatic carbocycles. The standard InChI is InChI=1S/C18H16N4O2/c23-17(15-7-10-19-11-8-15)20-9-1-2-14-3-5-16(6-4-14)22-13-12-21-18(22)24/h3-8,10-11H,9,12-13H2,(H,20,23)(H,21,24). The van der Waals surface area contributed by atoms with Gasteiger partial charge in [-0.25, -0.2) is 4.79 Å². The lowest BCUT2D eigenvalue weighted by Crippen LogP contribution is -2.27. The molecule has 6 nitrogen and oxygen atoms in total. The predicted octanol–water partition coefficient (Wildman–Crippen LogP) is 1.39. The van der Waals surface area contributed by atoms with Gasteiger partial charge < -0.3 is 10.6 Å². The first-order valence-electron chi connectivity index (χ1n) is 7.56. The van der Waals surface area contributed by atoms with Crippen molar-refractivity contribution >= 4 is 17.6 Å². The molecule has 1 saturated heterocycles. The van der Waals surface area contributed by atoms with E-state index >= 15 is 0 Å². The highest BCUT2D eigenvalue weighted by molar-refractivity contribution is 5.94. The Labute approximate surface area is 139 Å². The molecule has 3 amide bonds. The average Bonchev–Trinajstić information content (AvgIpc) is 3.06. The number of amides is 3. The molecular weight excluding hydrogens is 304 g/mol. The number of hydrogen-bond donors (Lipinski definition) is 2. The van der Waals surface area contributed by atoms with Gasteiger partial charge in [0.2, 0.25) is 0 Å². The van der Waals surface area contributed by atoms with Gasteiger partial charge in [-0.1, -0.05) is 11.8 Å². The highest BCUT2D eigenvalue weighted by Crippen LogP contribution is 2.16. The Hall–Kier alpha value is -3.33. The van der Waals surface area contributed by atoms with Gasteiger partial charge in [0.15, 0.2) is 0 Å². The Morgan fingerprint density at radius 1 is 1.21 bits per heavy atom. The van der Waals surface area contributed by atoms with Gasteiger partial charge in [0.1, 0.15) is 0 Å². The van der Waals surface area contributed by atoms with E-state index < -0.39 is 0 Å². The maximum absolute atomic E-state index is 11.8. The number of rotatable bonds is 3. The van der Waals surface area contributed by atoms with Crippen LogP contribution in [0, 0.1) is 11.8 Å². The molecule has 6 heteroatoms. The first kappa shape index (κ1) is 15.6. The van der Waals surface area contributed by atoms with E-state index in [9.17, 15) is 9.59 Å². The second-order valence-corrected chi connectivity index (χ2v) is 5.15. The number of carbonyl (C=O) groups excluding carboxylic acids is 2. The van der Waals surface area contributed by atoms with Crippen LogP contribution >= 0.6 is 0 Å². The Bertz CT molecular complexity index is 791. The molecule has 3 rings (SSSR count). The summed E-state index contributed by atoms with van der Waals surface area (Å²) in [5.74, 6) is 5.72. The van der Waals surface area contributed by atoms with Crippen molar-refractivity contribution in [3.8, 4) is 11.8 Å². The van der Waals surface area contributed by atoms with Crippen molar-refractivity contribution in [1.29, 1.82) is 0 Å². The maximum Gasteiger partial charge on any atom is 0.321 e. The fraction of sp³-hybridized carbons (Fsp3) is 0.167.